The number of nitrogens with zero attached hydrogens (tertiary/aromatic N) is 3. The lowest BCUT2D eigenvalue weighted by Gasteiger charge is -2.05. The fourth-order valence-electron chi connectivity index (χ4n) is 1.58. The molecule has 2 N–H and O–H groups in total. The van der Waals surface area contributed by atoms with Gasteiger partial charge in [-0.25, -0.2) is 4.98 Å². The molecule has 0 aliphatic rings. The number of anilines is 1. The number of nitriles is 1. The number of benzene rings is 1. The lowest BCUT2D eigenvalue weighted by atomic mass is 10.0. The molecule has 0 saturated carbocycles. The second kappa shape index (κ2) is 4.51. The van der Waals surface area contributed by atoms with E-state index in [0.29, 0.717) is 16.8 Å². The normalized spacial score (nSPS) is 9.72. The van der Waals surface area contributed by atoms with Gasteiger partial charge in [0, 0.05) is 23.5 Å². The summed E-state index contributed by atoms with van der Waals surface area (Å²) < 4.78 is 0. The van der Waals surface area contributed by atoms with Crippen molar-refractivity contribution in [2.24, 2.45) is 0 Å². The Labute approximate surface area is 102 Å². The van der Waals surface area contributed by atoms with Gasteiger partial charge in [0.2, 0.25) is 0 Å². The highest BCUT2D eigenvalue weighted by Crippen LogP contribution is 2.31. The van der Waals surface area contributed by atoms with Crippen molar-refractivity contribution < 1.29 is 4.92 Å². The van der Waals surface area contributed by atoms with Gasteiger partial charge in [-0.3, -0.25) is 10.1 Å². The van der Waals surface area contributed by atoms with Crippen LogP contribution in [-0.2, 0) is 0 Å². The number of nitro groups is 1. The van der Waals surface area contributed by atoms with Crippen molar-refractivity contribution in [1.29, 1.82) is 5.26 Å². The Morgan fingerprint density at radius 1 is 1.39 bits per heavy atom. The Hall–Kier alpha value is -2.94. The third kappa shape index (κ3) is 1.97. The summed E-state index contributed by atoms with van der Waals surface area (Å²) in [7, 11) is 0. The Morgan fingerprint density at radius 3 is 2.83 bits per heavy atom. The molecule has 0 atom stereocenters. The van der Waals surface area contributed by atoms with E-state index in [2.05, 4.69) is 4.98 Å². The highest BCUT2D eigenvalue weighted by atomic mass is 16.6. The van der Waals surface area contributed by atoms with Gasteiger partial charge in [0.05, 0.1) is 16.6 Å². The van der Waals surface area contributed by atoms with Crippen molar-refractivity contribution in [2.75, 3.05) is 5.73 Å². The van der Waals surface area contributed by atoms with Gasteiger partial charge >= 0.3 is 0 Å². The molecule has 0 unspecified atom stereocenters. The fraction of sp³-hybridized carbons (Fsp3) is 0. The molecule has 0 fully saturated rings. The van der Waals surface area contributed by atoms with E-state index in [0.717, 1.165) is 0 Å². The minimum atomic E-state index is -0.527. The second-order valence-corrected chi connectivity index (χ2v) is 3.54. The molecule has 0 aliphatic carbocycles. The quantitative estimate of drug-likeness (QED) is 0.491. The van der Waals surface area contributed by atoms with Crippen molar-refractivity contribution >= 4 is 11.4 Å². The van der Waals surface area contributed by atoms with Gasteiger partial charge in [0.1, 0.15) is 5.69 Å². The average Bonchev–Trinajstić information content (AvgIpc) is 2.39. The van der Waals surface area contributed by atoms with E-state index in [9.17, 15) is 10.1 Å². The maximum Gasteiger partial charge on any atom is 0.295 e. The van der Waals surface area contributed by atoms with Gasteiger partial charge in [-0.05, 0) is 24.3 Å². The maximum atomic E-state index is 10.9. The van der Waals surface area contributed by atoms with Gasteiger partial charge in [-0.15, -0.1) is 0 Å². The summed E-state index contributed by atoms with van der Waals surface area (Å²) in [6.45, 7) is 0. The minimum absolute atomic E-state index is 0.140. The molecule has 0 saturated heterocycles. The molecular weight excluding hydrogens is 232 g/mol. The van der Waals surface area contributed by atoms with Crippen LogP contribution in [-0.4, -0.2) is 9.91 Å². The van der Waals surface area contributed by atoms with E-state index >= 15 is 0 Å². The Morgan fingerprint density at radius 2 is 2.17 bits per heavy atom. The van der Waals surface area contributed by atoms with E-state index < -0.39 is 4.92 Å². The van der Waals surface area contributed by atoms with Crippen molar-refractivity contribution in [2.45, 2.75) is 0 Å². The molecule has 6 nitrogen and oxygen atoms in total. The molecule has 88 valence electrons. The van der Waals surface area contributed by atoms with Gasteiger partial charge in [-0.2, -0.15) is 5.26 Å². The van der Waals surface area contributed by atoms with Gasteiger partial charge in [0.25, 0.3) is 5.69 Å². The Bertz CT molecular complexity index is 661. The molecule has 0 aliphatic heterocycles. The average molecular weight is 240 g/mol. The molecular formula is C12H8N4O2. The number of pyridine rings is 1. The summed E-state index contributed by atoms with van der Waals surface area (Å²) in [6, 6.07) is 9.36. The summed E-state index contributed by atoms with van der Waals surface area (Å²) >= 11 is 0. The number of nitrogen functional groups attached to an aromatic ring is 1. The number of hydrogen-bond acceptors (Lipinski definition) is 5. The SMILES string of the molecule is N#Cc1ccc(N)c(-c2ncccc2[N+](=O)[O-])c1. The van der Waals surface area contributed by atoms with Crippen LogP contribution in [0, 0.1) is 21.4 Å². The molecule has 6 heteroatoms. The van der Waals surface area contributed by atoms with Crippen molar-refractivity contribution in [3.8, 4) is 17.3 Å². The van der Waals surface area contributed by atoms with Gasteiger partial charge in [0.15, 0.2) is 0 Å². The smallest absolute Gasteiger partial charge is 0.295 e. The fourth-order valence-corrected chi connectivity index (χ4v) is 1.58. The second-order valence-electron chi connectivity index (χ2n) is 3.54. The van der Waals surface area contributed by atoms with Crippen molar-refractivity contribution in [1.82, 2.24) is 4.98 Å². The van der Waals surface area contributed by atoms with Gasteiger partial charge in [-0.1, -0.05) is 0 Å². The first-order valence-corrected chi connectivity index (χ1v) is 5.03. The first kappa shape index (κ1) is 11.5. The summed E-state index contributed by atoms with van der Waals surface area (Å²) in [4.78, 5) is 14.4. The predicted molar refractivity (Wildman–Crippen MR) is 65.5 cm³/mol. The van der Waals surface area contributed by atoms with Crippen LogP contribution < -0.4 is 5.73 Å². The first-order valence-electron chi connectivity index (χ1n) is 5.03. The monoisotopic (exact) mass is 240 g/mol. The van der Waals surface area contributed by atoms with Crippen LogP contribution in [0.4, 0.5) is 11.4 Å². The van der Waals surface area contributed by atoms with Crippen LogP contribution in [0.3, 0.4) is 0 Å². The third-order valence-corrected chi connectivity index (χ3v) is 2.42. The lowest BCUT2D eigenvalue weighted by Crippen LogP contribution is -1.97. The summed E-state index contributed by atoms with van der Waals surface area (Å²) in [5.74, 6) is 0. The number of hydrogen-bond donors (Lipinski definition) is 1. The zero-order chi connectivity index (χ0) is 13.1. The van der Waals surface area contributed by atoms with Crippen LogP contribution in [0.25, 0.3) is 11.3 Å². The minimum Gasteiger partial charge on any atom is -0.398 e. The maximum absolute atomic E-state index is 10.9. The van der Waals surface area contributed by atoms with E-state index in [-0.39, 0.29) is 11.4 Å². The van der Waals surface area contributed by atoms with Crippen LogP contribution in [0.15, 0.2) is 36.5 Å². The largest absolute Gasteiger partial charge is 0.398 e. The van der Waals surface area contributed by atoms with E-state index in [4.69, 9.17) is 11.0 Å². The molecule has 18 heavy (non-hydrogen) atoms. The van der Waals surface area contributed by atoms with Crippen LogP contribution in [0.2, 0.25) is 0 Å². The van der Waals surface area contributed by atoms with E-state index in [1.165, 1.54) is 30.5 Å². The topological polar surface area (TPSA) is 106 Å². The third-order valence-electron chi connectivity index (χ3n) is 2.42. The van der Waals surface area contributed by atoms with Crippen LogP contribution in [0.5, 0.6) is 0 Å². The molecule has 2 rings (SSSR count). The molecule has 1 aromatic carbocycles. The predicted octanol–water partition coefficient (Wildman–Crippen LogP) is 2.11. The highest BCUT2D eigenvalue weighted by molar-refractivity contribution is 5.80. The molecule has 0 spiro atoms. The van der Waals surface area contributed by atoms with E-state index in [1.54, 1.807) is 6.07 Å². The number of nitrogens with two attached hydrogens (primary N) is 1. The summed E-state index contributed by atoms with van der Waals surface area (Å²) in [5, 5.41) is 19.8. The van der Waals surface area contributed by atoms with Gasteiger partial charge < -0.3 is 5.73 Å². The van der Waals surface area contributed by atoms with Crippen molar-refractivity contribution in [3.63, 3.8) is 0 Å². The molecule has 0 radical (unpaired) electrons. The van der Waals surface area contributed by atoms with Crippen molar-refractivity contribution in [3.05, 3.63) is 52.2 Å². The highest BCUT2D eigenvalue weighted by Gasteiger charge is 2.18. The zero-order valence-corrected chi connectivity index (χ0v) is 9.20. The standard InChI is InChI=1S/C12H8N4O2/c13-7-8-3-4-10(14)9(6-8)12-11(16(17)18)2-1-5-15-12/h1-6H,14H2. The molecule has 0 amide bonds. The number of rotatable bonds is 2. The lowest BCUT2D eigenvalue weighted by molar-refractivity contribution is -0.384. The van der Waals surface area contributed by atoms with Crippen LogP contribution in [0.1, 0.15) is 5.56 Å². The summed E-state index contributed by atoms with van der Waals surface area (Å²) in [6.07, 6.45) is 1.45. The number of aromatic nitrogens is 1. The van der Waals surface area contributed by atoms with E-state index in [1.807, 2.05) is 6.07 Å². The molecule has 2 aromatic rings. The first-order chi connectivity index (χ1) is 8.63. The summed E-state index contributed by atoms with van der Waals surface area (Å²) in [5.41, 5.74) is 6.91. The molecule has 0 bridgehead atoms. The zero-order valence-electron chi connectivity index (χ0n) is 9.20. The Kier molecular flexibility index (Phi) is 2.89. The Balaban J connectivity index is 2.69. The van der Waals surface area contributed by atoms with Crippen LogP contribution >= 0.6 is 0 Å². The molecule has 1 aromatic heterocycles. The molecule has 1 heterocycles.